The molecule has 1 aliphatic heterocycles. The van der Waals surface area contributed by atoms with Crippen LogP contribution in [0.15, 0.2) is 24.3 Å². The van der Waals surface area contributed by atoms with Crippen LogP contribution in [0, 0.1) is 6.92 Å². The molecular weight excluding hydrogens is 284 g/mol. The summed E-state index contributed by atoms with van der Waals surface area (Å²) in [5, 5.41) is 0. The average molecular weight is 308 g/mol. The second-order valence-corrected chi connectivity index (χ2v) is 6.37. The van der Waals surface area contributed by atoms with E-state index in [4.69, 9.17) is 10.5 Å². The molecule has 0 spiro atoms. The van der Waals surface area contributed by atoms with E-state index in [0.29, 0.717) is 19.7 Å². The number of rotatable bonds is 5. The molecule has 1 amide bonds. The molecule has 116 valence electrons. The molecule has 2 atom stereocenters. The van der Waals surface area contributed by atoms with Crippen LogP contribution in [0.3, 0.4) is 0 Å². The highest BCUT2D eigenvalue weighted by molar-refractivity contribution is 7.98. The molecule has 1 aromatic rings. The zero-order valence-corrected chi connectivity index (χ0v) is 13.6. The Morgan fingerprint density at radius 3 is 3.00 bits per heavy atom. The SMILES string of the molecule is CSCC[C@H](N)C(=O)N1CCO[C@@H](c2ccccc2C)C1. The molecule has 5 heteroatoms. The monoisotopic (exact) mass is 308 g/mol. The lowest BCUT2D eigenvalue weighted by atomic mass is 10.0. The van der Waals surface area contributed by atoms with Gasteiger partial charge in [-0.25, -0.2) is 0 Å². The molecule has 1 aliphatic rings. The van der Waals surface area contributed by atoms with E-state index in [1.807, 2.05) is 23.3 Å². The van der Waals surface area contributed by atoms with Gasteiger partial charge in [-0.2, -0.15) is 11.8 Å². The number of hydrogen-bond acceptors (Lipinski definition) is 4. The molecule has 2 N–H and O–H groups in total. The second kappa shape index (κ2) is 7.82. The smallest absolute Gasteiger partial charge is 0.239 e. The number of aryl methyl sites for hydroxylation is 1. The van der Waals surface area contributed by atoms with E-state index in [1.165, 1.54) is 5.56 Å². The van der Waals surface area contributed by atoms with Gasteiger partial charge in [-0.1, -0.05) is 24.3 Å². The first-order valence-electron chi connectivity index (χ1n) is 7.34. The summed E-state index contributed by atoms with van der Waals surface area (Å²) in [6, 6.07) is 7.78. The Kier molecular flexibility index (Phi) is 6.08. The number of thioether (sulfide) groups is 1. The lowest BCUT2D eigenvalue weighted by Gasteiger charge is -2.35. The molecule has 0 aliphatic carbocycles. The number of nitrogens with two attached hydrogens (primary N) is 1. The second-order valence-electron chi connectivity index (χ2n) is 5.39. The molecule has 2 rings (SSSR count). The first kappa shape index (κ1) is 16.3. The minimum Gasteiger partial charge on any atom is -0.370 e. The van der Waals surface area contributed by atoms with Crippen molar-refractivity contribution >= 4 is 17.7 Å². The van der Waals surface area contributed by atoms with Crippen LogP contribution in [0.4, 0.5) is 0 Å². The van der Waals surface area contributed by atoms with Crippen molar-refractivity contribution in [3.05, 3.63) is 35.4 Å². The minimum absolute atomic E-state index is 0.0448. The molecule has 4 nitrogen and oxygen atoms in total. The van der Waals surface area contributed by atoms with Gasteiger partial charge in [0, 0.05) is 6.54 Å². The third-order valence-corrected chi connectivity index (χ3v) is 4.51. The van der Waals surface area contributed by atoms with Gasteiger partial charge in [-0.3, -0.25) is 4.79 Å². The van der Waals surface area contributed by atoms with E-state index in [9.17, 15) is 4.79 Å². The Morgan fingerprint density at radius 2 is 2.29 bits per heavy atom. The molecule has 1 fully saturated rings. The summed E-state index contributed by atoms with van der Waals surface area (Å²) in [5.74, 6) is 0.962. The van der Waals surface area contributed by atoms with Crippen molar-refractivity contribution in [1.82, 2.24) is 4.90 Å². The van der Waals surface area contributed by atoms with Crippen molar-refractivity contribution in [2.24, 2.45) is 5.73 Å². The summed E-state index contributed by atoms with van der Waals surface area (Å²) >= 11 is 1.72. The number of hydrogen-bond donors (Lipinski definition) is 1. The molecular formula is C16H24N2O2S. The third kappa shape index (κ3) is 4.22. The van der Waals surface area contributed by atoms with E-state index < -0.39 is 6.04 Å². The van der Waals surface area contributed by atoms with Gasteiger partial charge in [-0.15, -0.1) is 0 Å². The van der Waals surface area contributed by atoms with Crippen molar-refractivity contribution in [2.45, 2.75) is 25.5 Å². The number of benzene rings is 1. The average Bonchev–Trinajstić information content (AvgIpc) is 2.52. The molecule has 0 unspecified atom stereocenters. The van der Waals surface area contributed by atoms with Crippen LogP contribution in [0.2, 0.25) is 0 Å². The molecule has 0 bridgehead atoms. The Labute approximate surface area is 131 Å². The maximum atomic E-state index is 12.4. The van der Waals surface area contributed by atoms with Crippen LogP contribution in [0.1, 0.15) is 23.7 Å². The number of carbonyl (C=O) groups is 1. The number of ether oxygens (including phenoxy) is 1. The summed E-state index contributed by atoms with van der Waals surface area (Å²) < 4.78 is 5.85. The molecule has 0 saturated carbocycles. The van der Waals surface area contributed by atoms with Crippen LogP contribution >= 0.6 is 11.8 Å². The Hall–Kier alpha value is -1.04. The normalized spacial score (nSPS) is 20.3. The molecule has 1 heterocycles. The standard InChI is InChI=1S/C16H24N2O2S/c1-12-5-3-4-6-13(12)15-11-18(8-9-20-15)16(19)14(17)7-10-21-2/h3-6,14-15H,7-11,17H2,1-2H3/t14-,15+/m0/s1. The van der Waals surface area contributed by atoms with Gasteiger partial charge in [0.1, 0.15) is 6.10 Å². The van der Waals surface area contributed by atoms with Crippen LogP contribution in [0.5, 0.6) is 0 Å². The number of carbonyl (C=O) groups excluding carboxylic acids is 1. The van der Waals surface area contributed by atoms with Crippen molar-refractivity contribution in [1.29, 1.82) is 0 Å². The first-order chi connectivity index (χ1) is 10.1. The number of morpholine rings is 1. The summed E-state index contributed by atoms with van der Waals surface area (Å²) in [6.45, 7) is 3.87. The van der Waals surface area contributed by atoms with Crippen LogP contribution in [-0.4, -0.2) is 48.6 Å². The zero-order valence-electron chi connectivity index (χ0n) is 12.7. The van der Waals surface area contributed by atoms with Gasteiger partial charge in [0.15, 0.2) is 0 Å². The summed E-state index contributed by atoms with van der Waals surface area (Å²) in [6.07, 6.45) is 2.71. The van der Waals surface area contributed by atoms with Gasteiger partial charge < -0.3 is 15.4 Å². The van der Waals surface area contributed by atoms with Gasteiger partial charge in [-0.05, 0) is 36.5 Å². The summed E-state index contributed by atoms with van der Waals surface area (Å²) in [7, 11) is 0. The highest BCUT2D eigenvalue weighted by Gasteiger charge is 2.28. The summed E-state index contributed by atoms with van der Waals surface area (Å²) in [5.41, 5.74) is 8.36. The van der Waals surface area contributed by atoms with Crippen LogP contribution < -0.4 is 5.73 Å². The quantitative estimate of drug-likeness (QED) is 0.903. The van der Waals surface area contributed by atoms with E-state index in [1.54, 1.807) is 11.8 Å². The van der Waals surface area contributed by atoms with E-state index in [-0.39, 0.29) is 12.0 Å². The molecule has 0 aromatic heterocycles. The number of nitrogens with zero attached hydrogens (tertiary/aromatic N) is 1. The lowest BCUT2D eigenvalue weighted by Crippen LogP contribution is -2.49. The Balaban J connectivity index is 2.00. The van der Waals surface area contributed by atoms with Crippen molar-refractivity contribution in [3.8, 4) is 0 Å². The lowest BCUT2D eigenvalue weighted by molar-refractivity contribution is -0.140. The van der Waals surface area contributed by atoms with Gasteiger partial charge in [0.25, 0.3) is 0 Å². The zero-order chi connectivity index (χ0) is 15.2. The fourth-order valence-electron chi connectivity index (χ4n) is 2.59. The maximum Gasteiger partial charge on any atom is 0.239 e. The van der Waals surface area contributed by atoms with Crippen LogP contribution in [0.25, 0.3) is 0 Å². The molecule has 21 heavy (non-hydrogen) atoms. The highest BCUT2D eigenvalue weighted by Crippen LogP contribution is 2.25. The van der Waals surface area contributed by atoms with Crippen molar-refractivity contribution < 1.29 is 9.53 Å². The van der Waals surface area contributed by atoms with E-state index >= 15 is 0 Å². The predicted molar refractivity (Wildman–Crippen MR) is 87.4 cm³/mol. The van der Waals surface area contributed by atoms with Crippen molar-refractivity contribution in [3.63, 3.8) is 0 Å². The summed E-state index contributed by atoms with van der Waals surface area (Å²) in [4.78, 5) is 14.3. The van der Waals surface area contributed by atoms with Gasteiger partial charge >= 0.3 is 0 Å². The predicted octanol–water partition coefficient (Wildman–Crippen LogP) is 1.98. The largest absolute Gasteiger partial charge is 0.370 e. The first-order valence-corrected chi connectivity index (χ1v) is 8.73. The van der Waals surface area contributed by atoms with Crippen LogP contribution in [-0.2, 0) is 9.53 Å². The maximum absolute atomic E-state index is 12.4. The fourth-order valence-corrected chi connectivity index (χ4v) is 3.08. The van der Waals surface area contributed by atoms with Gasteiger partial charge in [0.05, 0.1) is 19.2 Å². The number of amides is 1. The molecule has 0 radical (unpaired) electrons. The molecule has 1 saturated heterocycles. The Bertz CT molecular complexity index is 481. The van der Waals surface area contributed by atoms with Gasteiger partial charge in [0.2, 0.25) is 5.91 Å². The topological polar surface area (TPSA) is 55.6 Å². The van der Waals surface area contributed by atoms with E-state index in [2.05, 4.69) is 19.1 Å². The van der Waals surface area contributed by atoms with E-state index in [0.717, 1.165) is 17.7 Å². The Morgan fingerprint density at radius 1 is 1.52 bits per heavy atom. The third-order valence-electron chi connectivity index (χ3n) is 3.86. The minimum atomic E-state index is -0.395. The van der Waals surface area contributed by atoms with Crippen molar-refractivity contribution in [2.75, 3.05) is 31.7 Å². The highest BCUT2D eigenvalue weighted by atomic mass is 32.2. The fraction of sp³-hybridized carbons (Fsp3) is 0.562. The molecule has 1 aromatic carbocycles.